The van der Waals surface area contributed by atoms with E-state index >= 15 is 0 Å². The fraction of sp³-hybridized carbons (Fsp3) is 0.125. The molecular weight excluding hydrogens is 170 g/mol. The Balaban J connectivity index is 2.91. The molecule has 1 rings (SSSR count). The first kappa shape index (κ1) is 9.18. The van der Waals surface area contributed by atoms with E-state index in [1.807, 2.05) is 0 Å². The van der Waals surface area contributed by atoms with Crippen LogP contribution in [0.25, 0.3) is 0 Å². The number of nitroso groups, excluding NO2 is 1. The fourth-order valence-corrected chi connectivity index (χ4v) is 0.953. The van der Waals surface area contributed by atoms with Gasteiger partial charge in [0.05, 0.1) is 17.5 Å². The highest BCUT2D eigenvalue weighted by Gasteiger charge is 2.09. The summed E-state index contributed by atoms with van der Waals surface area (Å²) >= 11 is 0. The third-order valence-electron chi connectivity index (χ3n) is 1.64. The number of primary amides is 1. The van der Waals surface area contributed by atoms with Gasteiger partial charge < -0.3 is 10.6 Å². The Morgan fingerprint density at radius 3 is 2.77 bits per heavy atom. The molecule has 0 fully saturated rings. The number of amides is 1. The largest absolute Gasteiger partial charge is 0.366 e. The summed E-state index contributed by atoms with van der Waals surface area (Å²) in [4.78, 5) is 22.3. The summed E-state index contributed by atoms with van der Waals surface area (Å²) in [5.74, 6) is -0.499. The molecular formula is C8H9N3O2. The molecule has 0 saturated heterocycles. The summed E-state index contributed by atoms with van der Waals surface area (Å²) in [5, 5.41) is 2.63. The molecule has 68 valence electrons. The number of nitrogens with zero attached hydrogens (tertiary/aromatic N) is 2. The van der Waals surface area contributed by atoms with E-state index < -0.39 is 5.91 Å². The molecule has 13 heavy (non-hydrogen) atoms. The lowest BCUT2D eigenvalue weighted by atomic mass is 10.2. The maximum absolute atomic E-state index is 10.7. The van der Waals surface area contributed by atoms with Crippen LogP contribution < -0.4 is 5.73 Å². The smallest absolute Gasteiger partial charge is 0.250 e. The lowest BCUT2D eigenvalue weighted by Gasteiger charge is -2.18. The lowest BCUT2D eigenvalue weighted by molar-refractivity contribution is -0.114. The second-order valence-corrected chi connectivity index (χ2v) is 2.55. The predicted molar refractivity (Wildman–Crippen MR) is 48.1 cm³/mol. The number of carbonyl (C=O) groups excluding carboxylic acids is 1. The van der Waals surface area contributed by atoms with Gasteiger partial charge in [0.2, 0.25) is 5.91 Å². The van der Waals surface area contributed by atoms with Crippen LogP contribution in [0.2, 0.25) is 0 Å². The second kappa shape index (κ2) is 3.66. The molecule has 0 atom stereocenters. The van der Waals surface area contributed by atoms with E-state index in [0.29, 0.717) is 11.3 Å². The maximum Gasteiger partial charge on any atom is 0.250 e. The molecule has 0 spiro atoms. The van der Waals surface area contributed by atoms with E-state index in [1.165, 1.54) is 0 Å². The molecule has 2 N–H and O–H groups in total. The Morgan fingerprint density at radius 1 is 1.62 bits per heavy atom. The first-order valence-corrected chi connectivity index (χ1v) is 3.60. The number of carbonyl (C=O) groups is 1. The molecule has 0 saturated carbocycles. The van der Waals surface area contributed by atoms with E-state index in [1.54, 1.807) is 30.3 Å². The van der Waals surface area contributed by atoms with Crippen molar-refractivity contribution in [2.24, 2.45) is 10.9 Å². The minimum Gasteiger partial charge on any atom is -0.366 e. The van der Waals surface area contributed by atoms with E-state index in [9.17, 15) is 9.70 Å². The van der Waals surface area contributed by atoms with Crippen molar-refractivity contribution < 1.29 is 4.79 Å². The minimum absolute atomic E-state index is 0.394. The summed E-state index contributed by atoms with van der Waals surface area (Å²) < 4.78 is 0. The van der Waals surface area contributed by atoms with Crippen molar-refractivity contribution in [1.29, 1.82) is 0 Å². The molecule has 1 amide bonds. The highest BCUT2D eigenvalue weighted by Crippen LogP contribution is 2.14. The standard InChI is InChI=1S/C8H9N3O2/c1-11-5-6(8(9)12)2-3-7(11)4-10-13/h2-5H,1H3,(H2,9,12)/b7-4-. The molecule has 5 nitrogen and oxygen atoms in total. The van der Waals surface area contributed by atoms with Gasteiger partial charge in [-0.05, 0) is 17.3 Å². The Morgan fingerprint density at radius 2 is 2.31 bits per heavy atom. The average molecular weight is 179 g/mol. The van der Waals surface area contributed by atoms with Gasteiger partial charge in [-0.15, -0.1) is 4.91 Å². The van der Waals surface area contributed by atoms with Crippen molar-refractivity contribution in [2.75, 3.05) is 7.05 Å². The summed E-state index contributed by atoms with van der Waals surface area (Å²) in [6, 6.07) is 0. The summed E-state index contributed by atoms with van der Waals surface area (Å²) in [6.45, 7) is 0. The topological polar surface area (TPSA) is 75.8 Å². The van der Waals surface area contributed by atoms with Crippen molar-refractivity contribution in [3.8, 4) is 0 Å². The van der Waals surface area contributed by atoms with Crippen LogP contribution in [0.4, 0.5) is 0 Å². The first-order chi connectivity index (χ1) is 6.15. The average Bonchev–Trinajstić information content (AvgIpc) is 2.08. The molecule has 0 aromatic heterocycles. The van der Waals surface area contributed by atoms with Gasteiger partial charge in [0, 0.05) is 13.2 Å². The Labute approximate surface area is 75.2 Å². The third-order valence-corrected chi connectivity index (χ3v) is 1.64. The zero-order valence-electron chi connectivity index (χ0n) is 7.10. The predicted octanol–water partition coefficient (Wildman–Crippen LogP) is 0.465. The van der Waals surface area contributed by atoms with Crippen molar-refractivity contribution in [3.05, 3.63) is 40.7 Å². The molecule has 1 aliphatic heterocycles. The van der Waals surface area contributed by atoms with Crippen LogP contribution in [0.15, 0.2) is 41.0 Å². The monoisotopic (exact) mass is 179 g/mol. The Bertz CT molecular complexity index is 328. The van der Waals surface area contributed by atoms with Gasteiger partial charge in [-0.25, -0.2) is 0 Å². The lowest BCUT2D eigenvalue weighted by Crippen LogP contribution is -2.20. The van der Waals surface area contributed by atoms with E-state index in [0.717, 1.165) is 6.20 Å². The van der Waals surface area contributed by atoms with Crippen LogP contribution >= 0.6 is 0 Å². The number of allylic oxidation sites excluding steroid dienone is 1. The SMILES string of the molecule is CN1C=C(C(N)=O)C=C/C1=C/N=O. The molecule has 1 heterocycles. The van der Waals surface area contributed by atoms with Crippen LogP contribution in [0, 0.1) is 4.91 Å². The van der Waals surface area contributed by atoms with E-state index in [2.05, 4.69) is 5.18 Å². The van der Waals surface area contributed by atoms with Crippen LogP contribution in [-0.2, 0) is 4.79 Å². The van der Waals surface area contributed by atoms with Crippen LogP contribution in [0.1, 0.15) is 0 Å². The zero-order valence-corrected chi connectivity index (χ0v) is 7.10. The van der Waals surface area contributed by atoms with Gasteiger partial charge in [0.15, 0.2) is 0 Å². The van der Waals surface area contributed by atoms with Crippen LogP contribution in [0.3, 0.4) is 0 Å². The summed E-state index contributed by atoms with van der Waals surface area (Å²) in [7, 11) is 1.70. The van der Waals surface area contributed by atoms with Gasteiger partial charge in [-0.1, -0.05) is 0 Å². The summed E-state index contributed by atoms with van der Waals surface area (Å²) in [6.07, 6.45) is 5.84. The number of hydrogen-bond acceptors (Lipinski definition) is 4. The van der Waals surface area contributed by atoms with Gasteiger partial charge >= 0.3 is 0 Å². The molecule has 0 bridgehead atoms. The Kier molecular flexibility index (Phi) is 2.59. The Hall–Kier alpha value is -1.91. The number of nitrogens with two attached hydrogens (primary N) is 1. The summed E-state index contributed by atoms with van der Waals surface area (Å²) in [5.41, 5.74) is 6.06. The van der Waals surface area contributed by atoms with Crippen molar-refractivity contribution in [3.63, 3.8) is 0 Å². The van der Waals surface area contributed by atoms with Crippen molar-refractivity contribution in [1.82, 2.24) is 4.90 Å². The number of rotatable bonds is 2. The fourth-order valence-electron chi connectivity index (χ4n) is 0.953. The second-order valence-electron chi connectivity index (χ2n) is 2.55. The van der Waals surface area contributed by atoms with Gasteiger partial charge in [0.25, 0.3) is 0 Å². The molecule has 5 heteroatoms. The van der Waals surface area contributed by atoms with Crippen LogP contribution in [0.5, 0.6) is 0 Å². The third kappa shape index (κ3) is 2.02. The van der Waals surface area contributed by atoms with Gasteiger partial charge in [0.1, 0.15) is 0 Å². The van der Waals surface area contributed by atoms with E-state index in [-0.39, 0.29) is 0 Å². The molecule has 0 radical (unpaired) electrons. The zero-order chi connectivity index (χ0) is 9.84. The number of likely N-dealkylation sites (N-methyl/N-ethyl adjacent to an activating group) is 1. The molecule has 0 aliphatic carbocycles. The maximum atomic E-state index is 10.7. The van der Waals surface area contributed by atoms with Crippen molar-refractivity contribution >= 4 is 5.91 Å². The quantitative estimate of drug-likeness (QED) is 0.626. The van der Waals surface area contributed by atoms with Gasteiger partial charge in [-0.2, -0.15) is 0 Å². The number of hydrogen-bond donors (Lipinski definition) is 1. The molecule has 0 aromatic carbocycles. The highest BCUT2D eigenvalue weighted by atomic mass is 16.2. The molecule has 1 aliphatic rings. The van der Waals surface area contributed by atoms with Crippen molar-refractivity contribution in [2.45, 2.75) is 0 Å². The molecule has 0 aromatic rings. The molecule has 0 unspecified atom stereocenters. The highest BCUT2D eigenvalue weighted by molar-refractivity contribution is 5.95. The minimum atomic E-state index is -0.499. The van der Waals surface area contributed by atoms with E-state index in [4.69, 9.17) is 5.73 Å². The normalized spacial score (nSPS) is 18.7. The van der Waals surface area contributed by atoms with Gasteiger partial charge in [-0.3, -0.25) is 4.79 Å². The first-order valence-electron chi connectivity index (χ1n) is 3.60. The van der Waals surface area contributed by atoms with Crippen LogP contribution in [-0.4, -0.2) is 17.9 Å².